The molecule has 0 bridgehead atoms. The Morgan fingerprint density at radius 1 is 1.16 bits per heavy atom. The summed E-state index contributed by atoms with van der Waals surface area (Å²) in [7, 11) is 1.80. The molecule has 4 aromatic rings. The molecule has 1 N–H and O–H groups in total. The molecule has 2 fully saturated rings. The lowest BCUT2D eigenvalue weighted by Crippen LogP contribution is -2.26. The van der Waals surface area contributed by atoms with Crippen LogP contribution in [0.25, 0.3) is 16.8 Å². The normalized spacial score (nSPS) is 19.6. The van der Waals surface area contributed by atoms with Gasteiger partial charge in [0.25, 0.3) is 0 Å². The van der Waals surface area contributed by atoms with Crippen molar-refractivity contribution < 1.29 is 23.8 Å². The fraction of sp³-hybridized carbons (Fsp3) is 0.333. The summed E-state index contributed by atoms with van der Waals surface area (Å²) in [4.78, 5) is 12.0. The van der Waals surface area contributed by atoms with Gasteiger partial charge in [-0.1, -0.05) is 29.5 Å². The van der Waals surface area contributed by atoms with Gasteiger partial charge in [0.2, 0.25) is 0 Å². The summed E-state index contributed by atoms with van der Waals surface area (Å²) in [5.74, 6) is -1.23. The lowest BCUT2D eigenvalue weighted by atomic mass is 10.0. The van der Waals surface area contributed by atoms with Gasteiger partial charge in [-0.2, -0.15) is 5.10 Å². The molecule has 1 saturated heterocycles. The molecule has 1 saturated carbocycles. The Kier molecular flexibility index (Phi) is 5.96. The van der Waals surface area contributed by atoms with Crippen LogP contribution in [0.5, 0.6) is 5.75 Å². The molecule has 0 radical (unpaired) electrons. The fourth-order valence-electron chi connectivity index (χ4n) is 5.05. The van der Waals surface area contributed by atoms with Gasteiger partial charge in [0, 0.05) is 43.5 Å². The van der Waals surface area contributed by atoms with Crippen LogP contribution in [-0.2, 0) is 11.8 Å². The predicted octanol–water partition coefficient (Wildman–Crippen LogP) is 4.33. The molecule has 0 spiro atoms. The summed E-state index contributed by atoms with van der Waals surface area (Å²) >= 11 is 0. The highest BCUT2D eigenvalue weighted by Gasteiger charge is 2.46. The van der Waals surface area contributed by atoms with E-state index in [0.717, 1.165) is 25.0 Å². The Morgan fingerprint density at radius 2 is 1.97 bits per heavy atom. The minimum atomic E-state index is -1.04. The van der Waals surface area contributed by atoms with Crippen molar-refractivity contribution in [3.63, 3.8) is 0 Å². The smallest absolute Gasteiger partial charge is 0.339 e. The molecule has 1 aliphatic carbocycles. The van der Waals surface area contributed by atoms with E-state index in [9.17, 15) is 9.90 Å². The van der Waals surface area contributed by atoms with E-state index < -0.39 is 11.8 Å². The van der Waals surface area contributed by atoms with Gasteiger partial charge in [0.1, 0.15) is 11.7 Å². The number of rotatable bonds is 7. The second-order valence-electron chi connectivity index (χ2n) is 9.52. The number of aromatic carboxylic acids is 1. The van der Waals surface area contributed by atoms with Crippen molar-refractivity contribution in [1.82, 2.24) is 24.8 Å². The molecular formula is C27H26FN5O4. The molecule has 0 amide bonds. The molecular weight excluding hydrogens is 477 g/mol. The average molecular weight is 504 g/mol. The van der Waals surface area contributed by atoms with Gasteiger partial charge in [0.05, 0.1) is 36.5 Å². The van der Waals surface area contributed by atoms with Gasteiger partial charge in [-0.15, -0.1) is 5.10 Å². The first kappa shape index (κ1) is 23.4. The van der Waals surface area contributed by atoms with E-state index >= 15 is 4.39 Å². The second-order valence-corrected chi connectivity index (χ2v) is 9.52. The molecule has 2 unspecified atom stereocenters. The highest BCUT2D eigenvalue weighted by Crippen LogP contribution is 2.55. The number of nitrogens with zero attached hydrogens (tertiary/aromatic N) is 5. The standard InChI is InChI=1S/C27H26FN5O4/c1-32-15-23(30-31-32)20-13-21(20)26-22(27(34)35)14-29-33(26)17-5-2-4-16(12-17)19-6-3-7-24(25(19)28)37-18-8-10-36-11-9-18/h2-7,12,14-15,18,20-21H,8-11,13H2,1H3,(H,34,35). The Labute approximate surface area is 212 Å². The molecule has 2 atom stereocenters. The topological polar surface area (TPSA) is 104 Å². The average Bonchev–Trinajstić information content (AvgIpc) is 3.35. The maximum absolute atomic E-state index is 15.5. The molecule has 10 heteroatoms. The van der Waals surface area contributed by atoms with Crippen LogP contribution >= 0.6 is 0 Å². The predicted molar refractivity (Wildman–Crippen MR) is 131 cm³/mol. The van der Waals surface area contributed by atoms with Crippen LogP contribution in [0.2, 0.25) is 0 Å². The van der Waals surface area contributed by atoms with Gasteiger partial charge in [-0.25, -0.2) is 13.9 Å². The molecule has 190 valence electrons. The highest BCUT2D eigenvalue weighted by molar-refractivity contribution is 5.89. The number of aromatic nitrogens is 5. The van der Waals surface area contributed by atoms with Crippen molar-refractivity contribution in [3.8, 4) is 22.6 Å². The van der Waals surface area contributed by atoms with Crippen LogP contribution < -0.4 is 4.74 Å². The summed E-state index contributed by atoms with van der Waals surface area (Å²) in [6.07, 6.45) is 5.36. The van der Waals surface area contributed by atoms with E-state index in [4.69, 9.17) is 9.47 Å². The highest BCUT2D eigenvalue weighted by atomic mass is 19.1. The first-order valence-electron chi connectivity index (χ1n) is 12.3. The zero-order chi connectivity index (χ0) is 25.5. The van der Waals surface area contributed by atoms with Crippen LogP contribution in [0.15, 0.2) is 54.9 Å². The number of hydrogen-bond acceptors (Lipinski definition) is 6. The molecule has 2 aromatic heterocycles. The van der Waals surface area contributed by atoms with Crippen LogP contribution in [-0.4, -0.2) is 55.2 Å². The van der Waals surface area contributed by atoms with Gasteiger partial charge >= 0.3 is 5.97 Å². The number of carbonyl (C=O) groups is 1. The SMILES string of the molecule is Cn1cc(C2CC2c2c(C(=O)O)cnn2-c2cccc(-c3cccc(OC4CCOCC4)c3F)c2)nn1. The summed E-state index contributed by atoms with van der Waals surface area (Å²) in [5.41, 5.74) is 3.29. The lowest BCUT2D eigenvalue weighted by Gasteiger charge is -2.24. The number of carboxylic acid groups (broad SMARTS) is 1. The molecule has 2 aliphatic rings. The number of carboxylic acids is 1. The monoisotopic (exact) mass is 503 g/mol. The first-order chi connectivity index (χ1) is 18.0. The molecule has 3 heterocycles. The van der Waals surface area contributed by atoms with E-state index in [2.05, 4.69) is 15.4 Å². The third-order valence-corrected chi connectivity index (χ3v) is 7.01. The number of aryl methyl sites for hydroxylation is 1. The van der Waals surface area contributed by atoms with E-state index in [1.807, 2.05) is 30.5 Å². The van der Waals surface area contributed by atoms with E-state index in [1.165, 1.54) is 6.20 Å². The maximum atomic E-state index is 15.5. The van der Waals surface area contributed by atoms with Crippen molar-refractivity contribution in [2.24, 2.45) is 7.05 Å². The van der Waals surface area contributed by atoms with Gasteiger partial charge in [0.15, 0.2) is 11.6 Å². The number of ether oxygens (including phenoxy) is 2. The Hall–Kier alpha value is -4.05. The van der Waals surface area contributed by atoms with Crippen LogP contribution in [0, 0.1) is 5.82 Å². The summed E-state index contributed by atoms with van der Waals surface area (Å²) in [6, 6.07) is 12.4. The van der Waals surface area contributed by atoms with Crippen LogP contribution in [0.3, 0.4) is 0 Å². The second kappa shape index (κ2) is 9.44. The number of benzene rings is 2. The van der Waals surface area contributed by atoms with E-state index in [1.54, 1.807) is 34.6 Å². The largest absolute Gasteiger partial charge is 0.487 e. The molecule has 37 heavy (non-hydrogen) atoms. The molecule has 9 nitrogen and oxygen atoms in total. The summed E-state index contributed by atoms with van der Waals surface area (Å²) in [5, 5.41) is 22.5. The van der Waals surface area contributed by atoms with Crippen LogP contribution in [0.4, 0.5) is 4.39 Å². The minimum absolute atomic E-state index is 0.0538. The number of hydrogen-bond donors (Lipinski definition) is 1. The van der Waals surface area contributed by atoms with Crippen molar-refractivity contribution in [2.45, 2.75) is 37.2 Å². The maximum Gasteiger partial charge on any atom is 0.339 e. The number of halogens is 1. The minimum Gasteiger partial charge on any atom is -0.487 e. The van der Waals surface area contributed by atoms with Crippen LogP contribution in [0.1, 0.15) is 52.8 Å². The Morgan fingerprint density at radius 3 is 2.73 bits per heavy atom. The fourth-order valence-corrected chi connectivity index (χ4v) is 5.05. The molecule has 1 aliphatic heterocycles. The van der Waals surface area contributed by atoms with E-state index in [0.29, 0.717) is 35.7 Å². The lowest BCUT2D eigenvalue weighted by molar-refractivity contribution is 0.0240. The third kappa shape index (κ3) is 4.48. The van der Waals surface area contributed by atoms with Crippen molar-refractivity contribution >= 4 is 5.97 Å². The quantitative estimate of drug-likeness (QED) is 0.400. The van der Waals surface area contributed by atoms with Crippen molar-refractivity contribution in [3.05, 3.63) is 77.6 Å². The van der Waals surface area contributed by atoms with Crippen molar-refractivity contribution in [1.29, 1.82) is 0 Å². The Bertz CT molecular complexity index is 1460. The third-order valence-electron chi connectivity index (χ3n) is 7.01. The summed E-state index contributed by atoms with van der Waals surface area (Å²) < 4.78 is 30.2. The zero-order valence-corrected chi connectivity index (χ0v) is 20.2. The van der Waals surface area contributed by atoms with Gasteiger partial charge in [-0.3, -0.25) is 4.68 Å². The Balaban J connectivity index is 1.33. The van der Waals surface area contributed by atoms with E-state index in [-0.39, 0.29) is 29.3 Å². The molecule has 6 rings (SSSR count). The van der Waals surface area contributed by atoms with Gasteiger partial charge < -0.3 is 14.6 Å². The summed E-state index contributed by atoms with van der Waals surface area (Å²) in [6.45, 7) is 1.22. The zero-order valence-electron chi connectivity index (χ0n) is 20.2. The molecule has 2 aromatic carbocycles. The van der Waals surface area contributed by atoms with Crippen molar-refractivity contribution in [2.75, 3.05) is 13.2 Å². The van der Waals surface area contributed by atoms with Gasteiger partial charge in [-0.05, 0) is 30.2 Å². The first-order valence-corrected chi connectivity index (χ1v) is 12.3.